The fourth-order valence-electron chi connectivity index (χ4n) is 1.61. The monoisotopic (exact) mass is 227 g/mol. The van der Waals surface area contributed by atoms with E-state index in [0.29, 0.717) is 0 Å². The third-order valence-electron chi connectivity index (χ3n) is 2.42. The van der Waals surface area contributed by atoms with Gasteiger partial charge in [0.15, 0.2) is 0 Å². The molecule has 2 rings (SSSR count). The SMILES string of the molecule is O=C(O)Cn1cccc1C=Cc1ccccc1. The van der Waals surface area contributed by atoms with Gasteiger partial charge < -0.3 is 9.67 Å². The van der Waals surface area contributed by atoms with Gasteiger partial charge in [0, 0.05) is 11.9 Å². The average molecular weight is 227 g/mol. The van der Waals surface area contributed by atoms with Gasteiger partial charge in [0.25, 0.3) is 0 Å². The smallest absolute Gasteiger partial charge is 0.323 e. The minimum absolute atomic E-state index is 0.0124. The number of hydrogen-bond donors (Lipinski definition) is 1. The van der Waals surface area contributed by atoms with Crippen LogP contribution in [-0.2, 0) is 11.3 Å². The number of aromatic nitrogens is 1. The van der Waals surface area contributed by atoms with E-state index in [4.69, 9.17) is 5.11 Å². The standard InChI is InChI=1S/C14H13NO2/c16-14(17)11-15-10-4-7-13(15)9-8-12-5-2-1-3-6-12/h1-10H,11H2,(H,16,17). The number of hydrogen-bond acceptors (Lipinski definition) is 1. The lowest BCUT2D eigenvalue weighted by atomic mass is 10.2. The second-order valence-electron chi connectivity index (χ2n) is 3.70. The van der Waals surface area contributed by atoms with Crippen molar-refractivity contribution >= 4 is 18.1 Å². The normalized spacial score (nSPS) is 10.8. The fraction of sp³-hybridized carbons (Fsp3) is 0.0714. The number of aliphatic carboxylic acids is 1. The summed E-state index contributed by atoms with van der Waals surface area (Å²) in [5.74, 6) is -0.837. The van der Waals surface area contributed by atoms with Crippen LogP contribution in [0.15, 0.2) is 48.7 Å². The first-order valence-electron chi connectivity index (χ1n) is 5.36. The van der Waals surface area contributed by atoms with Crippen molar-refractivity contribution in [2.24, 2.45) is 0 Å². The molecule has 0 unspecified atom stereocenters. The molecular weight excluding hydrogens is 214 g/mol. The van der Waals surface area contributed by atoms with Gasteiger partial charge >= 0.3 is 5.97 Å². The van der Waals surface area contributed by atoms with Crippen molar-refractivity contribution in [3.8, 4) is 0 Å². The van der Waals surface area contributed by atoms with Crippen LogP contribution in [0.1, 0.15) is 11.3 Å². The first-order chi connectivity index (χ1) is 8.25. The number of benzene rings is 1. The minimum Gasteiger partial charge on any atom is -0.480 e. The number of rotatable bonds is 4. The molecule has 0 aliphatic heterocycles. The van der Waals surface area contributed by atoms with E-state index in [2.05, 4.69) is 0 Å². The van der Waals surface area contributed by atoms with E-state index < -0.39 is 5.97 Å². The molecule has 0 radical (unpaired) electrons. The fourth-order valence-corrected chi connectivity index (χ4v) is 1.61. The summed E-state index contributed by atoms with van der Waals surface area (Å²) in [4.78, 5) is 10.6. The van der Waals surface area contributed by atoms with Crippen LogP contribution >= 0.6 is 0 Å². The first kappa shape index (κ1) is 11.2. The Kier molecular flexibility index (Phi) is 3.40. The summed E-state index contributed by atoms with van der Waals surface area (Å²) in [6.45, 7) is -0.0124. The molecule has 0 saturated carbocycles. The molecule has 0 aliphatic carbocycles. The largest absolute Gasteiger partial charge is 0.480 e. The first-order valence-corrected chi connectivity index (χ1v) is 5.36. The molecular formula is C14H13NO2. The highest BCUT2D eigenvalue weighted by Gasteiger charge is 2.01. The highest BCUT2D eigenvalue weighted by molar-refractivity contribution is 5.70. The zero-order valence-electron chi connectivity index (χ0n) is 9.28. The third kappa shape index (κ3) is 3.08. The van der Waals surface area contributed by atoms with Gasteiger partial charge in [0.05, 0.1) is 0 Å². The van der Waals surface area contributed by atoms with Gasteiger partial charge in [0.2, 0.25) is 0 Å². The third-order valence-corrected chi connectivity index (χ3v) is 2.42. The number of carbonyl (C=O) groups is 1. The lowest BCUT2D eigenvalue weighted by Gasteiger charge is -2.01. The van der Waals surface area contributed by atoms with E-state index in [0.717, 1.165) is 11.3 Å². The summed E-state index contributed by atoms with van der Waals surface area (Å²) in [7, 11) is 0. The van der Waals surface area contributed by atoms with E-state index >= 15 is 0 Å². The van der Waals surface area contributed by atoms with Gasteiger partial charge in [-0.25, -0.2) is 0 Å². The summed E-state index contributed by atoms with van der Waals surface area (Å²) >= 11 is 0. The van der Waals surface area contributed by atoms with Crippen molar-refractivity contribution in [1.82, 2.24) is 4.57 Å². The average Bonchev–Trinajstić information content (AvgIpc) is 2.74. The molecule has 0 aliphatic rings. The Balaban J connectivity index is 2.16. The zero-order valence-corrected chi connectivity index (χ0v) is 9.28. The van der Waals surface area contributed by atoms with Crippen molar-refractivity contribution < 1.29 is 9.90 Å². The van der Waals surface area contributed by atoms with Gasteiger partial charge in [-0.2, -0.15) is 0 Å². The molecule has 3 nitrogen and oxygen atoms in total. The van der Waals surface area contributed by atoms with Crippen LogP contribution in [0.3, 0.4) is 0 Å². The van der Waals surface area contributed by atoms with Crippen LogP contribution in [-0.4, -0.2) is 15.6 Å². The zero-order chi connectivity index (χ0) is 12.1. The van der Waals surface area contributed by atoms with E-state index in [9.17, 15) is 4.79 Å². The topological polar surface area (TPSA) is 42.2 Å². The molecule has 0 spiro atoms. The predicted molar refractivity (Wildman–Crippen MR) is 67.4 cm³/mol. The van der Waals surface area contributed by atoms with Gasteiger partial charge in [-0.3, -0.25) is 4.79 Å². The number of carboxylic acid groups (broad SMARTS) is 1. The van der Waals surface area contributed by atoms with Gasteiger partial charge in [-0.15, -0.1) is 0 Å². The summed E-state index contributed by atoms with van der Waals surface area (Å²) < 4.78 is 1.70. The summed E-state index contributed by atoms with van der Waals surface area (Å²) in [6.07, 6.45) is 5.64. The Labute approximate surface area is 99.6 Å². The second-order valence-corrected chi connectivity index (χ2v) is 3.70. The maximum absolute atomic E-state index is 10.6. The Morgan fingerprint density at radius 2 is 1.88 bits per heavy atom. The predicted octanol–water partition coefficient (Wildman–Crippen LogP) is 2.74. The molecule has 2 aromatic rings. The summed E-state index contributed by atoms with van der Waals surface area (Å²) in [5, 5.41) is 8.75. The van der Waals surface area contributed by atoms with Crippen LogP contribution < -0.4 is 0 Å². The Morgan fingerprint density at radius 1 is 1.12 bits per heavy atom. The molecule has 1 N–H and O–H groups in total. The van der Waals surface area contributed by atoms with Crippen molar-refractivity contribution in [2.75, 3.05) is 0 Å². The van der Waals surface area contributed by atoms with E-state index in [-0.39, 0.29) is 6.54 Å². The molecule has 17 heavy (non-hydrogen) atoms. The highest BCUT2D eigenvalue weighted by Crippen LogP contribution is 2.09. The summed E-state index contributed by atoms with van der Waals surface area (Å²) in [6, 6.07) is 13.6. The van der Waals surface area contributed by atoms with Crippen molar-refractivity contribution in [1.29, 1.82) is 0 Å². The highest BCUT2D eigenvalue weighted by atomic mass is 16.4. The van der Waals surface area contributed by atoms with Gasteiger partial charge in [-0.1, -0.05) is 36.4 Å². The Hall–Kier alpha value is -2.29. The number of nitrogens with zero attached hydrogens (tertiary/aromatic N) is 1. The van der Waals surface area contributed by atoms with Crippen molar-refractivity contribution in [3.63, 3.8) is 0 Å². The molecule has 0 bridgehead atoms. The van der Waals surface area contributed by atoms with Crippen LogP contribution in [0.5, 0.6) is 0 Å². The van der Waals surface area contributed by atoms with Crippen LogP contribution in [0.4, 0.5) is 0 Å². The Bertz CT molecular complexity index is 526. The molecule has 86 valence electrons. The van der Waals surface area contributed by atoms with Crippen LogP contribution in [0, 0.1) is 0 Å². The molecule has 1 heterocycles. The van der Waals surface area contributed by atoms with Crippen molar-refractivity contribution in [2.45, 2.75) is 6.54 Å². The summed E-state index contributed by atoms with van der Waals surface area (Å²) in [5.41, 5.74) is 1.98. The van der Waals surface area contributed by atoms with Gasteiger partial charge in [0.1, 0.15) is 6.54 Å². The quantitative estimate of drug-likeness (QED) is 0.872. The van der Waals surface area contributed by atoms with E-state index in [1.54, 1.807) is 10.8 Å². The molecule has 3 heteroatoms. The molecule has 1 aromatic heterocycles. The van der Waals surface area contributed by atoms with E-state index in [1.165, 1.54) is 0 Å². The lowest BCUT2D eigenvalue weighted by molar-refractivity contribution is -0.137. The second kappa shape index (κ2) is 5.16. The van der Waals surface area contributed by atoms with E-state index in [1.807, 2.05) is 54.6 Å². The van der Waals surface area contributed by atoms with Crippen LogP contribution in [0.25, 0.3) is 12.2 Å². The molecule has 1 aromatic carbocycles. The minimum atomic E-state index is -0.837. The maximum Gasteiger partial charge on any atom is 0.323 e. The molecule has 0 fully saturated rings. The lowest BCUT2D eigenvalue weighted by Crippen LogP contribution is -2.08. The Morgan fingerprint density at radius 3 is 2.59 bits per heavy atom. The molecule has 0 saturated heterocycles. The number of carboxylic acids is 1. The van der Waals surface area contributed by atoms with Gasteiger partial charge in [-0.05, 0) is 23.8 Å². The van der Waals surface area contributed by atoms with Crippen molar-refractivity contribution in [3.05, 3.63) is 59.9 Å². The molecule has 0 amide bonds. The van der Waals surface area contributed by atoms with Crippen LogP contribution in [0.2, 0.25) is 0 Å². The maximum atomic E-state index is 10.6. The molecule has 0 atom stereocenters.